The first kappa shape index (κ1) is 16.7. The Hall–Kier alpha value is -1.37. The van der Waals surface area contributed by atoms with Gasteiger partial charge in [-0.05, 0) is 32.0 Å². The molecule has 1 aliphatic heterocycles. The number of carbonyl (C=O) groups is 2. The summed E-state index contributed by atoms with van der Waals surface area (Å²) in [5.41, 5.74) is 0. The molecule has 1 saturated heterocycles. The Balaban J connectivity index is 2.38. The van der Waals surface area contributed by atoms with Gasteiger partial charge in [-0.1, -0.05) is 6.92 Å². The smallest absolute Gasteiger partial charge is 0.307 e. The predicted octanol–water partition coefficient (Wildman–Crippen LogP) is 1.06. The second kappa shape index (κ2) is 8.73. The van der Waals surface area contributed by atoms with E-state index in [0.29, 0.717) is 31.2 Å². The van der Waals surface area contributed by atoms with Crippen LogP contribution in [0.1, 0.15) is 39.5 Å². The van der Waals surface area contributed by atoms with Crippen LogP contribution in [0.5, 0.6) is 0 Å². The lowest BCUT2D eigenvalue weighted by atomic mass is 10.3. The fourth-order valence-electron chi connectivity index (χ4n) is 2.02. The van der Waals surface area contributed by atoms with E-state index in [-0.39, 0.29) is 18.3 Å². The predicted molar refractivity (Wildman–Crippen MR) is 79.8 cm³/mol. The summed E-state index contributed by atoms with van der Waals surface area (Å²) in [6.07, 6.45) is 2.54. The number of thiocarbonyl (C=S) groups is 1. The Labute approximate surface area is 125 Å². The molecule has 1 amide bonds. The van der Waals surface area contributed by atoms with Crippen molar-refractivity contribution in [2.75, 3.05) is 26.2 Å². The van der Waals surface area contributed by atoms with Crippen molar-refractivity contribution in [3.63, 3.8) is 0 Å². The maximum absolute atomic E-state index is 12.0. The number of amides is 1. The summed E-state index contributed by atoms with van der Waals surface area (Å²) < 4.78 is 4.84. The minimum Gasteiger partial charge on any atom is -0.466 e. The van der Waals surface area contributed by atoms with Crippen LogP contribution in [0, 0.1) is 0 Å². The van der Waals surface area contributed by atoms with Crippen molar-refractivity contribution in [3.05, 3.63) is 0 Å². The minimum atomic E-state index is -0.247. The minimum absolute atomic E-state index is 0.0968. The number of rotatable bonds is 6. The average Bonchev–Trinajstić information content (AvgIpc) is 2.88. The topological polar surface area (TPSA) is 61.9 Å². The van der Waals surface area contributed by atoms with Gasteiger partial charge in [0, 0.05) is 26.1 Å². The van der Waals surface area contributed by atoms with Crippen LogP contribution in [0.3, 0.4) is 0 Å². The van der Waals surface area contributed by atoms with Crippen LogP contribution in [-0.2, 0) is 14.3 Å². The molecule has 1 rings (SSSR count). The van der Waals surface area contributed by atoms with Crippen LogP contribution in [0.25, 0.3) is 0 Å². The molecule has 1 N–H and O–H groups in total. The van der Waals surface area contributed by atoms with Crippen molar-refractivity contribution < 1.29 is 14.3 Å². The molecule has 1 heterocycles. The second-order valence-corrected chi connectivity index (χ2v) is 4.92. The zero-order valence-electron chi connectivity index (χ0n) is 12.2. The molecule has 0 radical (unpaired) electrons. The van der Waals surface area contributed by atoms with Crippen molar-refractivity contribution >= 4 is 29.2 Å². The van der Waals surface area contributed by atoms with Gasteiger partial charge in [0.2, 0.25) is 5.91 Å². The Morgan fingerprint density at radius 2 is 1.90 bits per heavy atom. The third kappa shape index (κ3) is 4.96. The third-order valence-corrected chi connectivity index (χ3v) is 3.28. The first-order chi connectivity index (χ1) is 9.60. The number of ether oxygens (including phenoxy) is 1. The quantitative estimate of drug-likeness (QED) is 0.585. The Morgan fingerprint density at radius 3 is 2.55 bits per heavy atom. The van der Waals surface area contributed by atoms with Crippen molar-refractivity contribution in [2.45, 2.75) is 39.5 Å². The summed E-state index contributed by atoms with van der Waals surface area (Å²) in [7, 11) is 0. The standard InChI is InChI=1S/C13H23N3O3S/c1-3-6-11(17)15-9-5-10-16(15)13(20)14-8-7-12(18)19-4-2/h3-10H2,1-2H3,(H,14,20). The van der Waals surface area contributed by atoms with E-state index in [2.05, 4.69) is 5.32 Å². The number of nitrogens with zero attached hydrogens (tertiary/aromatic N) is 2. The van der Waals surface area contributed by atoms with E-state index < -0.39 is 0 Å². The molecule has 114 valence electrons. The van der Waals surface area contributed by atoms with Gasteiger partial charge in [0.25, 0.3) is 0 Å². The summed E-state index contributed by atoms with van der Waals surface area (Å²) in [5.74, 6) is -0.150. The van der Waals surface area contributed by atoms with Gasteiger partial charge in [-0.25, -0.2) is 0 Å². The monoisotopic (exact) mass is 301 g/mol. The van der Waals surface area contributed by atoms with Gasteiger partial charge < -0.3 is 10.1 Å². The molecular weight excluding hydrogens is 278 g/mol. The van der Waals surface area contributed by atoms with E-state index in [1.165, 1.54) is 0 Å². The molecule has 0 aromatic heterocycles. The molecule has 0 bridgehead atoms. The van der Waals surface area contributed by atoms with Crippen LogP contribution in [0.2, 0.25) is 0 Å². The second-order valence-electron chi connectivity index (χ2n) is 4.53. The molecule has 0 aromatic carbocycles. The van der Waals surface area contributed by atoms with Crippen LogP contribution >= 0.6 is 12.2 Å². The lowest BCUT2D eigenvalue weighted by Crippen LogP contribution is -2.49. The molecule has 0 spiro atoms. The van der Waals surface area contributed by atoms with Gasteiger partial charge >= 0.3 is 5.97 Å². The van der Waals surface area contributed by atoms with E-state index in [1.807, 2.05) is 6.92 Å². The highest BCUT2D eigenvalue weighted by Gasteiger charge is 2.27. The first-order valence-electron chi connectivity index (χ1n) is 7.11. The van der Waals surface area contributed by atoms with Crippen molar-refractivity contribution in [3.8, 4) is 0 Å². The van der Waals surface area contributed by atoms with Gasteiger partial charge in [-0.3, -0.25) is 19.6 Å². The molecule has 20 heavy (non-hydrogen) atoms. The Morgan fingerprint density at radius 1 is 1.20 bits per heavy atom. The summed E-state index contributed by atoms with van der Waals surface area (Å²) in [4.78, 5) is 23.2. The summed E-state index contributed by atoms with van der Waals surface area (Å²) >= 11 is 5.28. The normalized spacial score (nSPS) is 14.3. The lowest BCUT2D eigenvalue weighted by molar-refractivity contribution is -0.143. The highest BCUT2D eigenvalue weighted by atomic mass is 32.1. The fourth-order valence-corrected chi connectivity index (χ4v) is 2.31. The highest BCUT2D eigenvalue weighted by Crippen LogP contribution is 2.13. The van der Waals surface area contributed by atoms with E-state index >= 15 is 0 Å². The molecule has 6 nitrogen and oxygen atoms in total. The maximum Gasteiger partial charge on any atom is 0.307 e. The van der Waals surface area contributed by atoms with E-state index in [0.717, 1.165) is 19.4 Å². The lowest BCUT2D eigenvalue weighted by Gasteiger charge is -2.30. The van der Waals surface area contributed by atoms with Crippen LogP contribution < -0.4 is 5.32 Å². The van der Waals surface area contributed by atoms with Gasteiger partial charge in [-0.15, -0.1) is 0 Å². The van der Waals surface area contributed by atoms with E-state index in [4.69, 9.17) is 17.0 Å². The van der Waals surface area contributed by atoms with Gasteiger partial charge in [0.1, 0.15) is 0 Å². The van der Waals surface area contributed by atoms with Gasteiger partial charge in [0.05, 0.1) is 13.0 Å². The highest BCUT2D eigenvalue weighted by molar-refractivity contribution is 7.80. The van der Waals surface area contributed by atoms with Gasteiger partial charge in [0.15, 0.2) is 5.11 Å². The summed E-state index contributed by atoms with van der Waals surface area (Å²) in [6, 6.07) is 0. The zero-order valence-corrected chi connectivity index (χ0v) is 13.0. The summed E-state index contributed by atoms with van der Waals surface area (Å²) in [5, 5.41) is 6.99. The van der Waals surface area contributed by atoms with Crippen LogP contribution in [0.4, 0.5) is 0 Å². The number of nitrogens with one attached hydrogen (secondary N) is 1. The number of hydrogen-bond acceptors (Lipinski definition) is 4. The van der Waals surface area contributed by atoms with E-state index in [1.54, 1.807) is 16.9 Å². The van der Waals surface area contributed by atoms with Crippen LogP contribution in [-0.4, -0.2) is 53.2 Å². The molecule has 1 aliphatic rings. The van der Waals surface area contributed by atoms with Crippen molar-refractivity contribution in [1.82, 2.24) is 15.3 Å². The molecule has 0 saturated carbocycles. The van der Waals surface area contributed by atoms with Crippen LogP contribution in [0.15, 0.2) is 0 Å². The van der Waals surface area contributed by atoms with E-state index in [9.17, 15) is 9.59 Å². The Kier molecular flexibility index (Phi) is 7.28. The number of esters is 1. The fraction of sp³-hybridized carbons (Fsp3) is 0.769. The molecule has 0 aliphatic carbocycles. The van der Waals surface area contributed by atoms with Gasteiger partial charge in [-0.2, -0.15) is 0 Å². The largest absolute Gasteiger partial charge is 0.466 e. The molecule has 0 unspecified atom stereocenters. The zero-order chi connectivity index (χ0) is 15.0. The average molecular weight is 301 g/mol. The Bertz CT molecular complexity index is 363. The number of hydrazine groups is 1. The van der Waals surface area contributed by atoms with Crippen molar-refractivity contribution in [1.29, 1.82) is 0 Å². The third-order valence-electron chi connectivity index (χ3n) is 2.93. The number of hydrogen-bond donors (Lipinski definition) is 1. The molecule has 0 aromatic rings. The molecule has 0 atom stereocenters. The molecular formula is C13H23N3O3S. The number of carbonyl (C=O) groups excluding carboxylic acids is 2. The first-order valence-corrected chi connectivity index (χ1v) is 7.52. The summed E-state index contributed by atoms with van der Waals surface area (Å²) in [6.45, 7) is 6.00. The molecule has 7 heteroatoms. The molecule has 1 fully saturated rings. The maximum atomic E-state index is 12.0. The van der Waals surface area contributed by atoms with Crippen molar-refractivity contribution in [2.24, 2.45) is 0 Å². The SMILES string of the molecule is CCCC(=O)N1CCCN1C(=S)NCCC(=O)OCC.